The van der Waals surface area contributed by atoms with Crippen LogP contribution in [0, 0.1) is 0 Å². The molecule has 2 nitrogen and oxygen atoms in total. The Bertz CT molecular complexity index is 136. The SMILES string of the molecule is CC1N=CN(CCF)C1C. The second kappa shape index (κ2) is 2.99. The molecule has 0 bridgehead atoms. The fraction of sp³-hybridized carbons (Fsp3) is 0.857. The molecule has 3 heteroatoms. The fourth-order valence-corrected chi connectivity index (χ4v) is 1.06. The average molecular weight is 144 g/mol. The van der Waals surface area contributed by atoms with Gasteiger partial charge in [-0.3, -0.25) is 4.99 Å². The second-order valence-corrected chi connectivity index (χ2v) is 2.67. The summed E-state index contributed by atoms with van der Waals surface area (Å²) in [6, 6.07) is 0.697. The van der Waals surface area contributed by atoms with Gasteiger partial charge in [-0.25, -0.2) is 4.39 Å². The summed E-state index contributed by atoms with van der Waals surface area (Å²) >= 11 is 0. The van der Waals surface area contributed by atoms with E-state index in [0.717, 1.165) is 0 Å². The highest BCUT2D eigenvalue weighted by atomic mass is 19.1. The lowest BCUT2D eigenvalue weighted by Crippen LogP contribution is -2.33. The summed E-state index contributed by atoms with van der Waals surface area (Å²) in [5, 5.41) is 0. The van der Waals surface area contributed by atoms with Crippen LogP contribution >= 0.6 is 0 Å². The van der Waals surface area contributed by atoms with E-state index in [-0.39, 0.29) is 6.67 Å². The molecule has 1 aliphatic heterocycles. The summed E-state index contributed by atoms with van der Waals surface area (Å²) in [6.45, 7) is 4.30. The van der Waals surface area contributed by atoms with Crippen molar-refractivity contribution < 1.29 is 4.39 Å². The van der Waals surface area contributed by atoms with Crippen molar-refractivity contribution in [1.29, 1.82) is 0 Å². The minimum absolute atomic E-state index is 0.289. The van der Waals surface area contributed by atoms with E-state index in [1.54, 1.807) is 6.34 Å². The van der Waals surface area contributed by atoms with Crippen LogP contribution in [0.15, 0.2) is 4.99 Å². The van der Waals surface area contributed by atoms with Crippen LogP contribution in [0.4, 0.5) is 4.39 Å². The Hall–Kier alpha value is -0.600. The number of hydrogen-bond donors (Lipinski definition) is 0. The molecule has 0 fully saturated rings. The Labute approximate surface area is 60.7 Å². The molecule has 0 aromatic heterocycles. The Morgan fingerprint density at radius 3 is 2.70 bits per heavy atom. The van der Waals surface area contributed by atoms with Crippen LogP contribution in [0.3, 0.4) is 0 Å². The third kappa shape index (κ3) is 1.28. The van der Waals surface area contributed by atoms with E-state index < -0.39 is 0 Å². The molecule has 2 atom stereocenters. The van der Waals surface area contributed by atoms with Crippen LogP contribution in [0.5, 0.6) is 0 Å². The lowest BCUT2D eigenvalue weighted by atomic mass is 10.2. The summed E-state index contributed by atoms with van der Waals surface area (Å²) in [4.78, 5) is 6.09. The van der Waals surface area contributed by atoms with Gasteiger partial charge < -0.3 is 4.90 Å². The molecule has 58 valence electrons. The molecule has 1 aliphatic rings. The molecule has 10 heavy (non-hydrogen) atoms. The average Bonchev–Trinajstić information content (AvgIpc) is 2.20. The Kier molecular flexibility index (Phi) is 2.25. The van der Waals surface area contributed by atoms with E-state index in [1.165, 1.54) is 0 Å². The van der Waals surface area contributed by atoms with Gasteiger partial charge in [0.25, 0.3) is 0 Å². The van der Waals surface area contributed by atoms with Gasteiger partial charge in [-0.1, -0.05) is 0 Å². The first-order chi connectivity index (χ1) is 4.75. The van der Waals surface area contributed by atoms with Crippen molar-refractivity contribution >= 4 is 6.34 Å². The van der Waals surface area contributed by atoms with Crippen LogP contribution in [-0.2, 0) is 0 Å². The van der Waals surface area contributed by atoms with Crippen molar-refractivity contribution in [3.63, 3.8) is 0 Å². The third-order valence-electron chi connectivity index (χ3n) is 2.01. The van der Waals surface area contributed by atoms with Crippen molar-refractivity contribution in [3.05, 3.63) is 0 Å². The minimum Gasteiger partial charge on any atom is -0.355 e. The number of nitrogens with zero attached hydrogens (tertiary/aromatic N) is 2. The van der Waals surface area contributed by atoms with E-state index in [2.05, 4.69) is 11.9 Å². The molecule has 0 N–H and O–H groups in total. The van der Waals surface area contributed by atoms with Gasteiger partial charge in [0.05, 0.1) is 12.4 Å². The number of rotatable bonds is 2. The van der Waals surface area contributed by atoms with Crippen LogP contribution in [0.1, 0.15) is 13.8 Å². The quantitative estimate of drug-likeness (QED) is 0.566. The predicted octanol–water partition coefficient (Wildman–Crippen LogP) is 1.08. The molecule has 0 saturated heterocycles. The monoisotopic (exact) mass is 144 g/mol. The fourth-order valence-electron chi connectivity index (χ4n) is 1.06. The first-order valence-electron chi connectivity index (χ1n) is 3.60. The normalized spacial score (nSPS) is 31.7. The van der Waals surface area contributed by atoms with Crippen molar-refractivity contribution in [3.8, 4) is 0 Å². The van der Waals surface area contributed by atoms with E-state index in [4.69, 9.17) is 0 Å². The van der Waals surface area contributed by atoms with Crippen LogP contribution < -0.4 is 0 Å². The van der Waals surface area contributed by atoms with Crippen molar-refractivity contribution in [2.45, 2.75) is 25.9 Å². The zero-order valence-electron chi connectivity index (χ0n) is 6.42. The molecular weight excluding hydrogens is 131 g/mol. The molecule has 0 aromatic rings. The Morgan fingerprint density at radius 1 is 1.60 bits per heavy atom. The standard InChI is InChI=1S/C7H13FN2/c1-6-7(2)10(4-3-8)5-9-6/h5-7H,3-4H2,1-2H3. The van der Waals surface area contributed by atoms with Gasteiger partial charge in [0.2, 0.25) is 0 Å². The molecular formula is C7H13FN2. The summed E-state index contributed by atoms with van der Waals surface area (Å²) in [6.07, 6.45) is 1.74. The Balaban J connectivity index is 2.41. The maximum absolute atomic E-state index is 11.8. The molecule has 0 radical (unpaired) electrons. The highest BCUT2D eigenvalue weighted by Crippen LogP contribution is 2.11. The molecule has 0 spiro atoms. The largest absolute Gasteiger partial charge is 0.355 e. The number of alkyl halides is 1. The zero-order valence-corrected chi connectivity index (χ0v) is 6.42. The van der Waals surface area contributed by atoms with Crippen LogP contribution in [0.25, 0.3) is 0 Å². The van der Waals surface area contributed by atoms with E-state index in [1.807, 2.05) is 11.8 Å². The van der Waals surface area contributed by atoms with E-state index in [9.17, 15) is 4.39 Å². The number of hydrogen-bond acceptors (Lipinski definition) is 2. The predicted molar refractivity (Wildman–Crippen MR) is 40.1 cm³/mol. The van der Waals surface area contributed by atoms with Gasteiger partial charge in [0.15, 0.2) is 0 Å². The molecule has 0 aromatic carbocycles. The van der Waals surface area contributed by atoms with Gasteiger partial charge in [0.1, 0.15) is 6.67 Å². The molecule has 0 aliphatic carbocycles. The molecule has 1 heterocycles. The zero-order chi connectivity index (χ0) is 7.56. The van der Waals surface area contributed by atoms with Crippen LogP contribution in [0.2, 0.25) is 0 Å². The van der Waals surface area contributed by atoms with Gasteiger partial charge in [-0.05, 0) is 13.8 Å². The topological polar surface area (TPSA) is 15.6 Å². The van der Waals surface area contributed by atoms with E-state index >= 15 is 0 Å². The van der Waals surface area contributed by atoms with Gasteiger partial charge in [-0.2, -0.15) is 0 Å². The smallest absolute Gasteiger partial charge is 0.107 e. The summed E-state index contributed by atoms with van der Waals surface area (Å²) in [5.74, 6) is 0. The summed E-state index contributed by atoms with van der Waals surface area (Å²) in [5.41, 5.74) is 0. The molecule has 1 rings (SSSR count). The van der Waals surface area contributed by atoms with Gasteiger partial charge in [0, 0.05) is 12.6 Å². The highest BCUT2D eigenvalue weighted by Gasteiger charge is 2.21. The molecule has 0 amide bonds. The highest BCUT2D eigenvalue weighted by molar-refractivity contribution is 5.58. The minimum atomic E-state index is -0.289. The summed E-state index contributed by atoms with van der Waals surface area (Å²) in [7, 11) is 0. The van der Waals surface area contributed by atoms with E-state index in [0.29, 0.717) is 18.6 Å². The first kappa shape index (κ1) is 7.51. The van der Waals surface area contributed by atoms with Crippen molar-refractivity contribution in [2.24, 2.45) is 4.99 Å². The Morgan fingerprint density at radius 2 is 2.30 bits per heavy atom. The maximum atomic E-state index is 11.8. The third-order valence-corrected chi connectivity index (χ3v) is 2.01. The second-order valence-electron chi connectivity index (χ2n) is 2.67. The van der Waals surface area contributed by atoms with Gasteiger partial charge in [-0.15, -0.1) is 0 Å². The maximum Gasteiger partial charge on any atom is 0.107 e. The molecule has 2 unspecified atom stereocenters. The van der Waals surface area contributed by atoms with Crippen molar-refractivity contribution in [1.82, 2.24) is 4.90 Å². The number of halogens is 1. The lowest BCUT2D eigenvalue weighted by Gasteiger charge is -2.20. The first-order valence-corrected chi connectivity index (χ1v) is 3.60. The van der Waals surface area contributed by atoms with Crippen LogP contribution in [-0.4, -0.2) is 36.5 Å². The van der Waals surface area contributed by atoms with Gasteiger partial charge >= 0.3 is 0 Å². The van der Waals surface area contributed by atoms with Crippen molar-refractivity contribution in [2.75, 3.05) is 13.2 Å². The lowest BCUT2D eigenvalue weighted by molar-refractivity contribution is 0.303. The number of aliphatic imine (C=N–C) groups is 1. The summed E-state index contributed by atoms with van der Waals surface area (Å²) < 4.78 is 11.8. The molecule has 0 saturated carbocycles.